The maximum Gasteiger partial charge on any atom is 0.0314 e. The Morgan fingerprint density at radius 3 is 2.42 bits per heavy atom. The van der Waals surface area contributed by atoms with Crippen molar-refractivity contribution in [2.75, 3.05) is 18.8 Å². The van der Waals surface area contributed by atoms with Crippen LogP contribution in [-0.2, 0) is 6.42 Å². The Labute approximate surface area is 118 Å². The number of nitrogens with two attached hydrogens (primary N) is 1. The van der Waals surface area contributed by atoms with Gasteiger partial charge in [0.2, 0.25) is 0 Å². The molecule has 2 heteroatoms. The first-order valence-corrected chi connectivity index (χ1v) is 7.58. The Morgan fingerprint density at radius 1 is 1.11 bits per heavy atom. The van der Waals surface area contributed by atoms with Crippen LogP contribution in [0.5, 0.6) is 0 Å². The van der Waals surface area contributed by atoms with Gasteiger partial charge in [0, 0.05) is 12.2 Å². The number of unbranched alkanes of at least 4 members (excludes halogenated alkanes) is 2. The molecule has 0 amide bonds. The number of hydrogen-bond acceptors (Lipinski definition) is 2. The average Bonchev–Trinajstić information content (AvgIpc) is 2.37. The molecule has 0 bridgehead atoms. The molecule has 0 aromatic heterocycles. The van der Waals surface area contributed by atoms with Crippen LogP contribution in [0.2, 0.25) is 0 Å². The van der Waals surface area contributed by atoms with E-state index in [1.54, 1.807) is 0 Å². The molecule has 0 fully saturated rings. The van der Waals surface area contributed by atoms with E-state index in [0.717, 1.165) is 25.2 Å². The lowest BCUT2D eigenvalue weighted by atomic mass is 9.87. The van der Waals surface area contributed by atoms with Gasteiger partial charge in [-0.15, -0.1) is 0 Å². The molecule has 19 heavy (non-hydrogen) atoms. The van der Waals surface area contributed by atoms with Crippen molar-refractivity contribution in [3.05, 3.63) is 29.8 Å². The summed E-state index contributed by atoms with van der Waals surface area (Å²) < 4.78 is 0. The molecule has 108 valence electrons. The lowest BCUT2D eigenvalue weighted by Gasteiger charge is -2.25. The van der Waals surface area contributed by atoms with Crippen LogP contribution in [0.25, 0.3) is 0 Å². The van der Waals surface area contributed by atoms with Crippen LogP contribution in [0.15, 0.2) is 24.3 Å². The molecule has 0 atom stereocenters. The summed E-state index contributed by atoms with van der Waals surface area (Å²) in [6.07, 6.45) is 6.40. The number of rotatable bonds is 9. The van der Waals surface area contributed by atoms with Gasteiger partial charge in [-0.3, -0.25) is 0 Å². The number of nitrogens with one attached hydrogen (secondary N) is 1. The Morgan fingerprint density at radius 2 is 1.79 bits per heavy atom. The maximum absolute atomic E-state index is 5.68. The summed E-state index contributed by atoms with van der Waals surface area (Å²) in [7, 11) is 0. The van der Waals surface area contributed by atoms with E-state index in [2.05, 4.69) is 38.2 Å². The SMILES string of the molecule is CCCCCC(C)(C)CNCCc1ccc(N)cc1. The van der Waals surface area contributed by atoms with Crippen molar-refractivity contribution < 1.29 is 0 Å². The first-order valence-electron chi connectivity index (χ1n) is 7.58. The highest BCUT2D eigenvalue weighted by molar-refractivity contribution is 5.39. The second-order valence-corrected chi connectivity index (χ2v) is 6.29. The minimum absolute atomic E-state index is 0.413. The fourth-order valence-corrected chi connectivity index (χ4v) is 2.29. The quantitative estimate of drug-likeness (QED) is 0.521. The van der Waals surface area contributed by atoms with Gasteiger partial charge in [0.1, 0.15) is 0 Å². The molecule has 0 saturated carbocycles. The lowest BCUT2D eigenvalue weighted by molar-refractivity contribution is 0.303. The predicted octanol–water partition coefficient (Wildman–Crippen LogP) is 4.01. The van der Waals surface area contributed by atoms with E-state index in [4.69, 9.17) is 5.73 Å². The van der Waals surface area contributed by atoms with Crippen molar-refractivity contribution in [1.82, 2.24) is 5.32 Å². The van der Waals surface area contributed by atoms with Crippen LogP contribution < -0.4 is 11.1 Å². The third-order valence-electron chi connectivity index (χ3n) is 3.63. The third kappa shape index (κ3) is 7.22. The summed E-state index contributed by atoms with van der Waals surface area (Å²) in [5.74, 6) is 0. The molecule has 0 spiro atoms. The maximum atomic E-state index is 5.68. The summed E-state index contributed by atoms with van der Waals surface area (Å²) >= 11 is 0. The van der Waals surface area contributed by atoms with Crippen LogP contribution >= 0.6 is 0 Å². The van der Waals surface area contributed by atoms with Crippen LogP contribution in [0, 0.1) is 5.41 Å². The molecule has 0 aliphatic carbocycles. The van der Waals surface area contributed by atoms with Gasteiger partial charge in [-0.25, -0.2) is 0 Å². The highest BCUT2D eigenvalue weighted by atomic mass is 14.9. The van der Waals surface area contributed by atoms with Crippen LogP contribution in [0.3, 0.4) is 0 Å². The predicted molar refractivity (Wildman–Crippen MR) is 85.4 cm³/mol. The van der Waals surface area contributed by atoms with Gasteiger partial charge in [0.15, 0.2) is 0 Å². The molecule has 1 aromatic carbocycles. The zero-order valence-electron chi connectivity index (χ0n) is 12.8. The molecule has 3 N–H and O–H groups in total. The van der Waals surface area contributed by atoms with E-state index in [-0.39, 0.29) is 0 Å². The van der Waals surface area contributed by atoms with Gasteiger partial charge in [0.05, 0.1) is 0 Å². The molecule has 0 heterocycles. The van der Waals surface area contributed by atoms with Crippen molar-refractivity contribution in [3.8, 4) is 0 Å². The van der Waals surface area contributed by atoms with Crippen LogP contribution in [0.1, 0.15) is 52.0 Å². The molecule has 0 unspecified atom stereocenters. The van der Waals surface area contributed by atoms with Crippen molar-refractivity contribution in [2.45, 2.75) is 52.9 Å². The molecule has 0 aliphatic rings. The lowest BCUT2D eigenvalue weighted by Crippen LogP contribution is -2.30. The van der Waals surface area contributed by atoms with E-state index in [1.165, 1.54) is 31.2 Å². The zero-order valence-corrected chi connectivity index (χ0v) is 12.8. The van der Waals surface area contributed by atoms with Crippen molar-refractivity contribution in [3.63, 3.8) is 0 Å². The number of benzene rings is 1. The van der Waals surface area contributed by atoms with E-state index >= 15 is 0 Å². The highest BCUT2D eigenvalue weighted by Gasteiger charge is 2.16. The number of nitrogen functional groups attached to an aromatic ring is 1. The monoisotopic (exact) mass is 262 g/mol. The van der Waals surface area contributed by atoms with Crippen molar-refractivity contribution in [1.29, 1.82) is 0 Å². The highest BCUT2D eigenvalue weighted by Crippen LogP contribution is 2.22. The first-order chi connectivity index (χ1) is 9.03. The fraction of sp³-hybridized carbons (Fsp3) is 0.647. The second-order valence-electron chi connectivity index (χ2n) is 6.29. The Balaban J connectivity index is 2.17. The molecular formula is C17H30N2. The summed E-state index contributed by atoms with van der Waals surface area (Å²) in [4.78, 5) is 0. The second kappa shape index (κ2) is 8.21. The van der Waals surface area contributed by atoms with E-state index < -0.39 is 0 Å². The number of hydrogen-bond donors (Lipinski definition) is 2. The molecule has 1 aromatic rings. The summed E-state index contributed by atoms with van der Waals surface area (Å²) in [5, 5.41) is 3.58. The Hall–Kier alpha value is -1.02. The molecule has 1 rings (SSSR count). The van der Waals surface area contributed by atoms with E-state index in [1.807, 2.05) is 12.1 Å². The summed E-state index contributed by atoms with van der Waals surface area (Å²) in [6.45, 7) is 9.13. The van der Waals surface area contributed by atoms with Crippen LogP contribution in [-0.4, -0.2) is 13.1 Å². The Bertz CT molecular complexity index is 341. The largest absolute Gasteiger partial charge is 0.399 e. The van der Waals surface area contributed by atoms with Gasteiger partial charge >= 0.3 is 0 Å². The molecule has 0 aliphatic heterocycles. The van der Waals surface area contributed by atoms with Gasteiger partial charge in [0.25, 0.3) is 0 Å². The fourth-order valence-electron chi connectivity index (χ4n) is 2.29. The molecular weight excluding hydrogens is 232 g/mol. The topological polar surface area (TPSA) is 38.0 Å². The first kappa shape index (κ1) is 16.0. The third-order valence-corrected chi connectivity index (χ3v) is 3.63. The smallest absolute Gasteiger partial charge is 0.0314 e. The van der Waals surface area contributed by atoms with Gasteiger partial charge in [-0.1, -0.05) is 52.2 Å². The molecule has 2 nitrogen and oxygen atoms in total. The van der Waals surface area contributed by atoms with Gasteiger partial charge in [-0.05, 0) is 42.5 Å². The average molecular weight is 262 g/mol. The molecule has 0 radical (unpaired) electrons. The standard InChI is InChI=1S/C17H30N2/c1-4-5-6-12-17(2,3)14-19-13-11-15-7-9-16(18)10-8-15/h7-10,19H,4-6,11-14,18H2,1-3H3. The van der Waals surface area contributed by atoms with E-state index in [0.29, 0.717) is 5.41 Å². The minimum Gasteiger partial charge on any atom is -0.399 e. The summed E-state index contributed by atoms with van der Waals surface area (Å²) in [5.41, 5.74) is 8.29. The van der Waals surface area contributed by atoms with Gasteiger partial charge < -0.3 is 11.1 Å². The number of anilines is 1. The van der Waals surface area contributed by atoms with Gasteiger partial charge in [-0.2, -0.15) is 0 Å². The normalized spacial score (nSPS) is 11.7. The van der Waals surface area contributed by atoms with Crippen molar-refractivity contribution in [2.24, 2.45) is 5.41 Å². The Kier molecular flexibility index (Phi) is 6.93. The van der Waals surface area contributed by atoms with E-state index in [9.17, 15) is 0 Å². The molecule has 0 saturated heterocycles. The summed E-state index contributed by atoms with van der Waals surface area (Å²) in [6, 6.07) is 8.18. The van der Waals surface area contributed by atoms with Crippen molar-refractivity contribution >= 4 is 5.69 Å². The zero-order chi connectivity index (χ0) is 14.1. The van der Waals surface area contributed by atoms with Crippen LogP contribution in [0.4, 0.5) is 5.69 Å². The minimum atomic E-state index is 0.413.